The monoisotopic (exact) mass is 310 g/mol. The Morgan fingerprint density at radius 2 is 1.38 bits per heavy atom. The molecule has 116 valence electrons. The van der Waals surface area contributed by atoms with Crippen molar-refractivity contribution in [3.8, 4) is 22.6 Å². The number of para-hydroxylation sites is 1. The van der Waals surface area contributed by atoms with E-state index in [1.165, 1.54) is 11.1 Å². The quantitative estimate of drug-likeness (QED) is 0.483. The maximum atomic E-state index is 4.92. The van der Waals surface area contributed by atoms with Gasteiger partial charge in [0.15, 0.2) is 5.82 Å². The van der Waals surface area contributed by atoms with Crippen LogP contribution in [0.1, 0.15) is 11.1 Å². The molecular weight excluding hydrogens is 292 g/mol. The average molecular weight is 310 g/mol. The lowest BCUT2D eigenvalue weighted by atomic mass is 10.0. The third-order valence-electron chi connectivity index (χ3n) is 4.31. The minimum atomic E-state index is 0.780. The van der Waals surface area contributed by atoms with Crippen LogP contribution in [-0.4, -0.2) is 9.97 Å². The van der Waals surface area contributed by atoms with Crippen molar-refractivity contribution in [3.63, 3.8) is 0 Å². The van der Waals surface area contributed by atoms with Crippen LogP contribution in [0.4, 0.5) is 0 Å². The van der Waals surface area contributed by atoms with Gasteiger partial charge in [0.25, 0.3) is 0 Å². The van der Waals surface area contributed by atoms with Crippen molar-refractivity contribution in [2.75, 3.05) is 0 Å². The fourth-order valence-electron chi connectivity index (χ4n) is 2.95. The number of aromatic nitrogens is 2. The first-order chi connectivity index (χ1) is 11.7. The molecule has 0 unspecified atom stereocenters. The molecule has 2 heteroatoms. The molecule has 0 spiro atoms. The van der Waals surface area contributed by atoms with Gasteiger partial charge in [-0.3, -0.25) is 0 Å². The highest BCUT2D eigenvalue weighted by Gasteiger charge is 2.12. The molecule has 0 amide bonds. The molecule has 0 radical (unpaired) electrons. The topological polar surface area (TPSA) is 25.8 Å². The van der Waals surface area contributed by atoms with Crippen LogP contribution in [0.15, 0.2) is 72.8 Å². The lowest BCUT2D eigenvalue weighted by Crippen LogP contribution is -1.96. The van der Waals surface area contributed by atoms with Gasteiger partial charge in [-0.1, -0.05) is 72.3 Å². The lowest BCUT2D eigenvalue weighted by Gasteiger charge is -2.11. The van der Waals surface area contributed by atoms with E-state index < -0.39 is 0 Å². The van der Waals surface area contributed by atoms with Gasteiger partial charge in [0.05, 0.1) is 11.2 Å². The van der Waals surface area contributed by atoms with Crippen LogP contribution in [0.5, 0.6) is 0 Å². The maximum absolute atomic E-state index is 4.92. The zero-order chi connectivity index (χ0) is 16.5. The molecule has 0 N–H and O–H groups in total. The van der Waals surface area contributed by atoms with Crippen LogP contribution < -0.4 is 0 Å². The second kappa shape index (κ2) is 5.89. The Balaban J connectivity index is 2.01. The summed E-state index contributed by atoms with van der Waals surface area (Å²) < 4.78 is 0. The summed E-state index contributed by atoms with van der Waals surface area (Å²) in [4.78, 5) is 9.72. The Morgan fingerprint density at radius 1 is 0.667 bits per heavy atom. The van der Waals surface area contributed by atoms with E-state index in [-0.39, 0.29) is 0 Å². The average Bonchev–Trinajstić information content (AvgIpc) is 2.62. The highest BCUT2D eigenvalue weighted by Crippen LogP contribution is 2.30. The van der Waals surface area contributed by atoms with E-state index in [1.54, 1.807) is 0 Å². The molecule has 0 aliphatic rings. The Hall–Kier alpha value is -3.00. The van der Waals surface area contributed by atoms with Gasteiger partial charge >= 0.3 is 0 Å². The van der Waals surface area contributed by atoms with Gasteiger partial charge in [-0.15, -0.1) is 0 Å². The fourth-order valence-corrected chi connectivity index (χ4v) is 2.95. The predicted octanol–water partition coefficient (Wildman–Crippen LogP) is 5.58. The number of hydrogen-bond donors (Lipinski definition) is 0. The number of hydrogen-bond acceptors (Lipinski definition) is 2. The first-order valence-electron chi connectivity index (χ1n) is 8.12. The summed E-state index contributed by atoms with van der Waals surface area (Å²) in [7, 11) is 0. The molecule has 0 saturated carbocycles. The number of fused-ring (bicyclic) bond motifs is 1. The SMILES string of the molecule is Cc1ccc(-c2nc(-c3ccccc3C)nc3ccccc23)cc1. The number of benzene rings is 3. The predicted molar refractivity (Wildman–Crippen MR) is 99.9 cm³/mol. The van der Waals surface area contributed by atoms with Crippen molar-refractivity contribution in [2.45, 2.75) is 13.8 Å². The van der Waals surface area contributed by atoms with Gasteiger partial charge in [-0.25, -0.2) is 9.97 Å². The lowest BCUT2D eigenvalue weighted by molar-refractivity contribution is 1.22. The highest BCUT2D eigenvalue weighted by molar-refractivity contribution is 5.93. The molecule has 0 saturated heterocycles. The second-order valence-corrected chi connectivity index (χ2v) is 6.09. The summed E-state index contributed by atoms with van der Waals surface area (Å²) >= 11 is 0. The normalized spacial score (nSPS) is 10.9. The smallest absolute Gasteiger partial charge is 0.160 e. The van der Waals surface area contributed by atoms with Gasteiger partial charge in [-0.2, -0.15) is 0 Å². The van der Waals surface area contributed by atoms with Gasteiger partial charge in [0.1, 0.15) is 0 Å². The van der Waals surface area contributed by atoms with E-state index >= 15 is 0 Å². The van der Waals surface area contributed by atoms with Crippen molar-refractivity contribution in [1.82, 2.24) is 9.97 Å². The van der Waals surface area contributed by atoms with Crippen LogP contribution in [0.25, 0.3) is 33.5 Å². The van der Waals surface area contributed by atoms with Gasteiger partial charge < -0.3 is 0 Å². The Morgan fingerprint density at radius 3 is 2.17 bits per heavy atom. The molecule has 24 heavy (non-hydrogen) atoms. The van der Waals surface area contributed by atoms with Crippen LogP contribution in [0.2, 0.25) is 0 Å². The molecule has 0 atom stereocenters. The third kappa shape index (κ3) is 2.56. The molecule has 3 aromatic carbocycles. The molecule has 2 nitrogen and oxygen atoms in total. The fraction of sp³-hybridized carbons (Fsp3) is 0.0909. The van der Waals surface area contributed by atoms with Gasteiger partial charge in [0.2, 0.25) is 0 Å². The number of aryl methyl sites for hydroxylation is 2. The molecule has 0 fully saturated rings. The minimum Gasteiger partial charge on any atom is -0.228 e. The molecule has 4 aromatic rings. The summed E-state index contributed by atoms with van der Waals surface area (Å²) in [5, 5.41) is 1.08. The standard InChI is InChI=1S/C22H18N2/c1-15-11-13-17(14-12-15)21-19-9-5-6-10-20(19)23-22(24-21)18-8-4-3-7-16(18)2/h3-14H,1-2H3. The molecule has 0 bridgehead atoms. The zero-order valence-corrected chi connectivity index (χ0v) is 13.8. The highest BCUT2D eigenvalue weighted by atomic mass is 14.9. The maximum Gasteiger partial charge on any atom is 0.160 e. The van der Waals surface area contributed by atoms with E-state index in [2.05, 4.69) is 62.4 Å². The minimum absolute atomic E-state index is 0.780. The van der Waals surface area contributed by atoms with Crippen LogP contribution >= 0.6 is 0 Å². The molecule has 1 heterocycles. The number of nitrogens with zero attached hydrogens (tertiary/aromatic N) is 2. The molecular formula is C22H18N2. The summed E-state index contributed by atoms with van der Waals surface area (Å²) in [6.07, 6.45) is 0. The van der Waals surface area contributed by atoms with E-state index in [0.717, 1.165) is 33.5 Å². The molecule has 0 aliphatic heterocycles. The summed E-state index contributed by atoms with van der Waals surface area (Å²) in [6.45, 7) is 4.19. The van der Waals surface area contributed by atoms with Gasteiger partial charge in [0, 0.05) is 16.5 Å². The third-order valence-corrected chi connectivity index (χ3v) is 4.31. The second-order valence-electron chi connectivity index (χ2n) is 6.09. The Bertz CT molecular complexity index is 1020. The number of rotatable bonds is 2. The summed E-state index contributed by atoms with van der Waals surface area (Å²) in [5.41, 5.74) is 6.59. The van der Waals surface area contributed by atoms with E-state index in [4.69, 9.17) is 9.97 Å². The molecule has 1 aromatic heterocycles. The molecule has 4 rings (SSSR count). The zero-order valence-electron chi connectivity index (χ0n) is 13.8. The summed E-state index contributed by atoms with van der Waals surface area (Å²) in [6, 6.07) is 25.0. The molecule has 0 aliphatic carbocycles. The van der Waals surface area contributed by atoms with E-state index in [1.807, 2.05) is 24.3 Å². The van der Waals surface area contributed by atoms with Crippen molar-refractivity contribution < 1.29 is 0 Å². The first kappa shape index (κ1) is 14.6. The summed E-state index contributed by atoms with van der Waals surface area (Å²) in [5.74, 6) is 0.780. The van der Waals surface area contributed by atoms with E-state index in [0.29, 0.717) is 0 Å². The van der Waals surface area contributed by atoms with Crippen molar-refractivity contribution >= 4 is 10.9 Å². The Kier molecular flexibility index (Phi) is 3.58. The van der Waals surface area contributed by atoms with Crippen LogP contribution in [0.3, 0.4) is 0 Å². The largest absolute Gasteiger partial charge is 0.228 e. The van der Waals surface area contributed by atoms with Gasteiger partial charge in [-0.05, 0) is 25.5 Å². The first-order valence-corrected chi connectivity index (χ1v) is 8.12. The van der Waals surface area contributed by atoms with Crippen molar-refractivity contribution in [3.05, 3.63) is 83.9 Å². The van der Waals surface area contributed by atoms with E-state index in [9.17, 15) is 0 Å². The van der Waals surface area contributed by atoms with Crippen molar-refractivity contribution in [2.24, 2.45) is 0 Å². The Labute approximate surface area is 141 Å². The van der Waals surface area contributed by atoms with Crippen molar-refractivity contribution in [1.29, 1.82) is 0 Å². The van der Waals surface area contributed by atoms with Crippen LogP contribution in [-0.2, 0) is 0 Å². The van der Waals surface area contributed by atoms with Crippen LogP contribution in [0, 0.1) is 13.8 Å².